The first-order valence-corrected chi connectivity index (χ1v) is 7.39. The number of nitrogens with zero attached hydrogens (tertiary/aromatic N) is 3. The van der Waals surface area contributed by atoms with Crippen LogP contribution < -0.4 is 10.2 Å². The third-order valence-corrected chi connectivity index (χ3v) is 3.87. The van der Waals surface area contributed by atoms with E-state index in [9.17, 15) is 8.78 Å². The molecule has 0 amide bonds. The molecule has 0 radical (unpaired) electrons. The number of nitrogens with one attached hydrogen (secondary N) is 1. The summed E-state index contributed by atoms with van der Waals surface area (Å²) in [6.07, 6.45) is 4.19. The molecular formula is C16H18F2N4. The summed E-state index contributed by atoms with van der Waals surface area (Å²) in [5, 5.41) is 3.41. The number of benzene rings is 1. The molecule has 1 atom stereocenters. The Bertz CT molecular complexity index is 645. The van der Waals surface area contributed by atoms with Gasteiger partial charge in [-0.2, -0.15) is 0 Å². The largest absolute Gasteiger partial charge is 0.339 e. The van der Waals surface area contributed by atoms with Crippen LogP contribution in [-0.2, 0) is 0 Å². The lowest BCUT2D eigenvalue weighted by atomic mass is 10.1. The first-order valence-electron chi connectivity index (χ1n) is 7.39. The Labute approximate surface area is 128 Å². The standard InChI is InChI=1S/C16H18F2N4/c1-11-4-6-22(7-5-19-11)16-20-9-12(10-21-16)14-3-2-13(17)8-15(14)18/h2-3,8-11,19H,4-7H2,1H3. The fourth-order valence-corrected chi connectivity index (χ4v) is 2.56. The monoisotopic (exact) mass is 304 g/mol. The van der Waals surface area contributed by atoms with Crippen LogP contribution in [0.1, 0.15) is 13.3 Å². The van der Waals surface area contributed by atoms with Crippen LogP contribution in [0.2, 0.25) is 0 Å². The van der Waals surface area contributed by atoms with E-state index in [-0.39, 0.29) is 0 Å². The Morgan fingerprint density at radius 2 is 1.95 bits per heavy atom. The predicted octanol–water partition coefficient (Wildman–Crippen LogP) is 2.61. The van der Waals surface area contributed by atoms with Gasteiger partial charge in [0.15, 0.2) is 0 Å². The first-order chi connectivity index (χ1) is 10.6. The number of rotatable bonds is 2. The van der Waals surface area contributed by atoms with Gasteiger partial charge in [-0.25, -0.2) is 18.7 Å². The van der Waals surface area contributed by atoms with Gasteiger partial charge < -0.3 is 10.2 Å². The van der Waals surface area contributed by atoms with Gasteiger partial charge >= 0.3 is 0 Å². The normalized spacial score (nSPS) is 19.0. The van der Waals surface area contributed by atoms with Crippen LogP contribution in [0.5, 0.6) is 0 Å². The minimum absolute atomic E-state index is 0.305. The summed E-state index contributed by atoms with van der Waals surface area (Å²) in [7, 11) is 0. The summed E-state index contributed by atoms with van der Waals surface area (Å²) < 4.78 is 26.7. The number of anilines is 1. The third kappa shape index (κ3) is 3.22. The highest BCUT2D eigenvalue weighted by Gasteiger charge is 2.16. The van der Waals surface area contributed by atoms with Crippen molar-refractivity contribution in [3.05, 3.63) is 42.2 Å². The third-order valence-electron chi connectivity index (χ3n) is 3.87. The average molecular weight is 304 g/mol. The van der Waals surface area contributed by atoms with Crippen molar-refractivity contribution >= 4 is 5.95 Å². The second kappa shape index (κ2) is 6.36. The van der Waals surface area contributed by atoms with Crippen LogP contribution in [-0.4, -0.2) is 35.6 Å². The quantitative estimate of drug-likeness (QED) is 0.926. The van der Waals surface area contributed by atoms with Gasteiger partial charge in [-0.3, -0.25) is 0 Å². The smallest absolute Gasteiger partial charge is 0.225 e. The fourth-order valence-electron chi connectivity index (χ4n) is 2.56. The zero-order valence-electron chi connectivity index (χ0n) is 12.4. The molecule has 1 aromatic heterocycles. The molecule has 2 aromatic rings. The van der Waals surface area contributed by atoms with Crippen LogP contribution in [0, 0.1) is 11.6 Å². The molecule has 1 unspecified atom stereocenters. The molecular weight excluding hydrogens is 286 g/mol. The summed E-state index contributed by atoms with van der Waals surface area (Å²) in [6.45, 7) is 4.77. The van der Waals surface area contributed by atoms with Crippen molar-refractivity contribution in [2.24, 2.45) is 0 Å². The molecule has 3 rings (SSSR count). The average Bonchev–Trinajstić information content (AvgIpc) is 2.72. The number of hydrogen-bond donors (Lipinski definition) is 1. The lowest BCUT2D eigenvalue weighted by Crippen LogP contribution is -2.30. The van der Waals surface area contributed by atoms with Crippen molar-refractivity contribution in [2.75, 3.05) is 24.5 Å². The van der Waals surface area contributed by atoms with Gasteiger partial charge in [0.1, 0.15) is 11.6 Å². The van der Waals surface area contributed by atoms with E-state index in [1.165, 1.54) is 12.1 Å². The molecule has 1 aliphatic heterocycles. The lowest BCUT2D eigenvalue weighted by Gasteiger charge is -2.19. The van der Waals surface area contributed by atoms with Crippen LogP contribution in [0.4, 0.5) is 14.7 Å². The second-order valence-corrected chi connectivity index (χ2v) is 5.53. The molecule has 1 saturated heterocycles. The van der Waals surface area contributed by atoms with E-state index in [0.29, 0.717) is 23.1 Å². The van der Waals surface area contributed by atoms with Crippen LogP contribution >= 0.6 is 0 Å². The molecule has 6 heteroatoms. The highest BCUT2D eigenvalue weighted by molar-refractivity contribution is 5.62. The molecule has 116 valence electrons. The fraction of sp³-hybridized carbons (Fsp3) is 0.375. The predicted molar refractivity (Wildman–Crippen MR) is 81.7 cm³/mol. The highest BCUT2D eigenvalue weighted by atomic mass is 19.1. The van der Waals surface area contributed by atoms with E-state index < -0.39 is 11.6 Å². The van der Waals surface area contributed by atoms with E-state index in [1.54, 1.807) is 12.4 Å². The van der Waals surface area contributed by atoms with E-state index in [2.05, 4.69) is 27.1 Å². The Morgan fingerprint density at radius 1 is 1.18 bits per heavy atom. The van der Waals surface area contributed by atoms with E-state index >= 15 is 0 Å². The van der Waals surface area contributed by atoms with Crippen LogP contribution in [0.3, 0.4) is 0 Å². The molecule has 1 N–H and O–H groups in total. The maximum Gasteiger partial charge on any atom is 0.225 e. The maximum atomic E-state index is 13.8. The SMILES string of the molecule is CC1CCN(c2ncc(-c3ccc(F)cc3F)cn2)CCN1. The Balaban J connectivity index is 1.80. The number of aromatic nitrogens is 2. The minimum Gasteiger partial charge on any atom is -0.339 e. The minimum atomic E-state index is -0.607. The summed E-state index contributed by atoms with van der Waals surface area (Å²) in [4.78, 5) is 10.8. The molecule has 4 nitrogen and oxygen atoms in total. The van der Waals surface area contributed by atoms with Gasteiger partial charge in [-0.05, 0) is 25.5 Å². The zero-order valence-corrected chi connectivity index (χ0v) is 12.4. The molecule has 1 fully saturated rings. The van der Waals surface area contributed by atoms with Gasteiger partial charge in [0.05, 0.1) is 0 Å². The van der Waals surface area contributed by atoms with Crippen molar-refractivity contribution in [1.82, 2.24) is 15.3 Å². The Kier molecular flexibility index (Phi) is 4.29. The molecule has 1 aromatic carbocycles. The summed E-state index contributed by atoms with van der Waals surface area (Å²) in [5.41, 5.74) is 0.849. The van der Waals surface area contributed by atoms with Gasteiger partial charge in [0.2, 0.25) is 5.95 Å². The van der Waals surface area contributed by atoms with Crippen molar-refractivity contribution in [3.63, 3.8) is 0 Å². The highest BCUT2D eigenvalue weighted by Crippen LogP contribution is 2.23. The first kappa shape index (κ1) is 14.8. The number of halogens is 2. The molecule has 2 heterocycles. The van der Waals surface area contributed by atoms with Gasteiger partial charge in [-0.1, -0.05) is 0 Å². The van der Waals surface area contributed by atoms with Crippen molar-refractivity contribution in [1.29, 1.82) is 0 Å². The van der Waals surface area contributed by atoms with Gasteiger partial charge in [-0.15, -0.1) is 0 Å². The van der Waals surface area contributed by atoms with E-state index in [4.69, 9.17) is 0 Å². The van der Waals surface area contributed by atoms with Gasteiger partial charge in [0, 0.05) is 55.3 Å². The number of hydrogen-bond acceptors (Lipinski definition) is 4. The summed E-state index contributed by atoms with van der Waals surface area (Å²) in [6, 6.07) is 3.98. The van der Waals surface area contributed by atoms with Crippen molar-refractivity contribution in [2.45, 2.75) is 19.4 Å². The molecule has 1 aliphatic rings. The second-order valence-electron chi connectivity index (χ2n) is 5.53. The summed E-state index contributed by atoms with van der Waals surface area (Å²) >= 11 is 0. The summed E-state index contributed by atoms with van der Waals surface area (Å²) in [5.74, 6) is -0.559. The molecule has 22 heavy (non-hydrogen) atoms. The maximum absolute atomic E-state index is 13.8. The van der Waals surface area contributed by atoms with Gasteiger partial charge in [0.25, 0.3) is 0 Å². The molecule has 0 spiro atoms. The van der Waals surface area contributed by atoms with Crippen molar-refractivity contribution < 1.29 is 8.78 Å². The molecule has 0 bridgehead atoms. The van der Waals surface area contributed by atoms with Crippen molar-refractivity contribution in [3.8, 4) is 11.1 Å². The van der Waals surface area contributed by atoms with E-state index in [1.807, 2.05) is 0 Å². The van der Waals surface area contributed by atoms with Crippen LogP contribution in [0.25, 0.3) is 11.1 Å². The Hall–Kier alpha value is -2.08. The van der Waals surface area contributed by atoms with Crippen LogP contribution in [0.15, 0.2) is 30.6 Å². The molecule has 0 saturated carbocycles. The zero-order chi connectivity index (χ0) is 15.5. The van der Waals surface area contributed by atoms with E-state index in [0.717, 1.165) is 32.1 Å². The Morgan fingerprint density at radius 3 is 2.68 bits per heavy atom. The molecule has 0 aliphatic carbocycles. The topological polar surface area (TPSA) is 41.1 Å². The lowest BCUT2D eigenvalue weighted by molar-refractivity contribution is 0.566.